The highest BCUT2D eigenvalue weighted by Crippen LogP contribution is 2.69. The van der Waals surface area contributed by atoms with E-state index in [9.17, 15) is 0 Å². The second-order valence-corrected chi connectivity index (χ2v) is 17.2. The minimum atomic E-state index is 0.0345. The van der Waals surface area contributed by atoms with Gasteiger partial charge in [-0.2, -0.15) is 0 Å². The molecular weight excluding hydrogens is 663 g/mol. The Bertz CT molecular complexity index is 2730. The lowest BCUT2D eigenvalue weighted by molar-refractivity contribution is -0.0452. The molecule has 7 aromatic carbocycles. The van der Waals surface area contributed by atoms with Crippen LogP contribution in [0, 0.1) is 23.7 Å². The average molecular weight is 702 g/mol. The molecule has 0 unspecified atom stereocenters. The van der Waals surface area contributed by atoms with Crippen LogP contribution in [0.1, 0.15) is 43.2 Å². The van der Waals surface area contributed by atoms with Gasteiger partial charge in [0.25, 0.3) is 0 Å². The van der Waals surface area contributed by atoms with E-state index in [2.05, 4.69) is 157 Å². The monoisotopic (exact) mass is 701 g/mol. The van der Waals surface area contributed by atoms with Gasteiger partial charge in [0.1, 0.15) is 11.5 Å². The zero-order chi connectivity index (χ0) is 34.7. The van der Waals surface area contributed by atoms with Crippen molar-refractivity contribution in [2.24, 2.45) is 23.7 Å². The lowest BCUT2D eigenvalue weighted by Gasteiger charge is -2.63. The number of nitrogens with zero attached hydrogens (tertiary/aromatic N) is 1. The SMILES string of the molecule is c1cc(-c2cccc3c2sc2ccccc23)cc(N(c2ccc3c(c2)Oc2ccccc2C32C3CC4CC(C3)CC2C4)c2ccc3ccccc3c2)c1. The highest BCUT2D eigenvalue weighted by molar-refractivity contribution is 7.26. The first kappa shape index (κ1) is 30.1. The molecule has 1 aliphatic heterocycles. The van der Waals surface area contributed by atoms with E-state index in [1.807, 2.05) is 11.3 Å². The van der Waals surface area contributed by atoms with Crippen molar-refractivity contribution >= 4 is 59.3 Å². The van der Waals surface area contributed by atoms with Crippen LogP contribution in [0.4, 0.5) is 17.1 Å². The van der Waals surface area contributed by atoms with Crippen LogP contribution >= 0.6 is 11.3 Å². The van der Waals surface area contributed by atoms with Crippen molar-refractivity contribution < 1.29 is 4.74 Å². The molecule has 5 aliphatic rings. The molecule has 0 amide bonds. The molecule has 2 heterocycles. The first-order valence-electron chi connectivity index (χ1n) is 19.4. The van der Waals surface area contributed by atoms with Crippen LogP contribution in [-0.4, -0.2) is 0 Å². The minimum Gasteiger partial charge on any atom is -0.457 e. The van der Waals surface area contributed by atoms with Crippen molar-refractivity contribution in [3.8, 4) is 22.6 Å². The standard InChI is InChI=1S/C50H39NOS/c1-2-10-34-28-39(20-19-33(34)9-1)51(38-12-7-11-35(29-38)41-14-8-15-43-42-13-3-6-18-48(42)53-49(41)43)40-21-22-45-47(30-40)52-46-17-5-4-16-44(46)50(45)36-24-31-23-32(26-36)27-37(50)25-31/h1-22,28-32,36-37H,23-27H2. The van der Waals surface area contributed by atoms with E-state index >= 15 is 0 Å². The van der Waals surface area contributed by atoms with Crippen LogP contribution in [0.15, 0.2) is 152 Å². The quantitative estimate of drug-likeness (QED) is 0.181. The lowest BCUT2D eigenvalue weighted by Crippen LogP contribution is -2.56. The van der Waals surface area contributed by atoms with Gasteiger partial charge in [0.2, 0.25) is 0 Å². The summed E-state index contributed by atoms with van der Waals surface area (Å²) in [5.41, 5.74) is 8.78. The van der Waals surface area contributed by atoms with E-state index in [-0.39, 0.29) is 5.41 Å². The highest BCUT2D eigenvalue weighted by atomic mass is 32.1. The molecule has 0 N–H and O–H groups in total. The maximum absolute atomic E-state index is 6.99. The molecule has 13 rings (SSSR count). The summed E-state index contributed by atoms with van der Waals surface area (Å²) in [5, 5.41) is 5.13. The third kappa shape index (κ3) is 4.38. The first-order chi connectivity index (χ1) is 26.2. The molecule has 256 valence electrons. The first-order valence-corrected chi connectivity index (χ1v) is 20.2. The summed E-state index contributed by atoms with van der Waals surface area (Å²) < 4.78 is 9.65. The Labute approximate surface area is 314 Å². The molecule has 53 heavy (non-hydrogen) atoms. The number of benzene rings is 7. The molecule has 0 radical (unpaired) electrons. The predicted octanol–water partition coefficient (Wildman–Crippen LogP) is 14.2. The van der Waals surface area contributed by atoms with Crippen LogP contribution in [0.3, 0.4) is 0 Å². The number of hydrogen-bond donors (Lipinski definition) is 0. The molecule has 2 nitrogen and oxygen atoms in total. The van der Waals surface area contributed by atoms with Gasteiger partial charge in [-0.25, -0.2) is 0 Å². The van der Waals surface area contributed by atoms with Crippen molar-refractivity contribution in [2.75, 3.05) is 4.90 Å². The van der Waals surface area contributed by atoms with E-state index in [0.717, 1.165) is 40.4 Å². The molecular formula is C50H39NOS. The Morgan fingerprint density at radius 3 is 2.08 bits per heavy atom. The highest BCUT2D eigenvalue weighted by Gasteiger charge is 2.61. The third-order valence-electron chi connectivity index (χ3n) is 13.5. The van der Waals surface area contributed by atoms with Gasteiger partial charge in [-0.3, -0.25) is 0 Å². The fraction of sp³-hybridized carbons (Fsp3) is 0.200. The number of hydrogen-bond acceptors (Lipinski definition) is 3. The van der Waals surface area contributed by atoms with Crippen molar-refractivity contribution in [1.29, 1.82) is 0 Å². The largest absolute Gasteiger partial charge is 0.457 e. The number of thiophene rings is 1. The summed E-state index contributed by atoms with van der Waals surface area (Å²) in [6.07, 6.45) is 6.86. The molecule has 0 saturated heterocycles. The normalized spacial score (nSPS) is 23.7. The van der Waals surface area contributed by atoms with Crippen LogP contribution < -0.4 is 9.64 Å². The third-order valence-corrected chi connectivity index (χ3v) is 14.7. The summed E-state index contributed by atoms with van der Waals surface area (Å²) in [6, 6.07) is 56.4. The van der Waals surface area contributed by atoms with Gasteiger partial charge in [0, 0.05) is 59.8 Å². The Kier molecular flexibility index (Phi) is 6.43. The summed E-state index contributed by atoms with van der Waals surface area (Å²) in [4.78, 5) is 2.44. The predicted molar refractivity (Wildman–Crippen MR) is 221 cm³/mol. The van der Waals surface area contributed by atoms with E-state index in [4.69, 9.17) is 4.74 Å². The molecule has 3 heteroatoms. The van der Waals surface area contributed by atoms with Crippen molar-refractivity contribution in [3.05, 3.63) is 163 Å². The van der Waals surface area contributed by atoms with Crippen LogP contribution in [0.2, 0.25) is 0 Å². The minimum absolute atomic E-state index is 0.0345. The van der Waals surface area contributed by atoms with Crippen molar-refractivity contribution in [1.82, 2.24) is 0 Å². The summed E-state index contributed by atoms with van der Waals surface area (Å²) in [5.74, 6) is 5.24. The number of rotatable bonds is 4. The Morgan fingerprint density at radius 2 is 1.19 bits per heavy atom. The Balaban J connectivity index is 1.04. The van der Waals surface area contributed by atoms with Gasteiger partial charge in [-0.15, -0.1) is 11.3 Å². The molecule has 4 bridgehead atoms. The molecule has 4 aliphatic carbocycles. The zero-order valence-electron chi connectivity index (χ0n) is 29.5. The number of fused-ring (bicyclic) bond motifs is 6. The van der Waals surface area contributed by atoms with E-state index in [0.29, 0.717) is 11.8 Å². The van der Waals surface area contributed by atoms with Crippen molar-refractivity contribution in [2.45, 2.75) is 37.5 Å². The van der Waals surface area contributed by atoms with E-state index in [1.165, 1.54) is 85.3 Å². The molecule has 8 aromatic rings. The summed E-state index contributed by atoms with van der Waals surface area (Å²) >= 11 is 1.89. The molecule has 0 atom stereocenters. The zero-order valence-corrected chi connectivity index (χ0v) is 30.4. The van der Waals surface area contributed by atoms with Crippen LogP contribution in [0.5, 0.6) is 11.5 Å². The molecule has 4 fully saturated rings. The van der Waals surface area contributed by atoms with Gasteiger partial charge in [-0.05, 0) is 120 Å². The fourth-order valence-electron chi connectivity index (χ4n) is 11.6. The number of anilines is 3. The average Bonchev–Trinajstić information content (AvgIpc) is 3.58. The van der Waals surface area contributed by atoms with Gasteiger partial charge < -0.3 is 9.64 Å². The topological polar surface area (TPSA) is 12.5 Å². The number of ether oxygens (including phenoxy) is 1. The Morgan fingerprint density at radius 1 is 0.509 bits per heavy atom. The second-order valence-electron chi connectivity index (χ2n) is 16.1. The maximum Gasteiger partial charge on any atom is 0.133 e. The number of para-hydroxylation sites is 1. The smallest absolute Gasteiger partial charge is 0.133 e. The Hall–Kier alpha value is -5.38. The van der Waals surface area contributed by atoms with Crippen LogP contribution in [-0.2, 0) is 5.41 Å². The molecule has 4 saturated carbocycles. The van der Waals surface area contributed by atoms with E-state index in [1.54, 1.807) is 0 Å². The second kappa shape index (κ2) is 11.3. The summed E-state index contributed by atoms with van der Waals surface area (Å²) in [6.45, 7) is 0. The van der Waals surface area contributed by atoms with E-state index < -0.39 is 0 Å². The van der Waals surface area contributed by atoms with Crippen LogP contribution in [0.25, 0.3) is 42.1 Å². The lowest BCUT2D eigenvalue weighted by atomic mass is 9.42. The summed E-state index contributed by atoms with van der Waals surface area (Å²) in [7, 11) is 0. The van der Waals surface area contributed by atoms with Gasteiger partial charge >= 0.3 is 0 Å². The maximum atomic E-state index is 6.99. The van der Waals surface area contributed by atoms with Gasteiger partial charge in [0.15, 0.2) is 0 Å². The molecule has 1 aromatic heterocycles. The van der Waals surface area contributed by atoms with Crippen molar-refractivity contribution in [3.63, 3.8) is 0 Å². The van der Waals surface area contributed by atoms with Gasteiger partial charge in [0.05, 0.1) is 0 Å². The fourth-order valence-corrected chi connectivity index (χ4v) is 12.8. The van der Waals surface area contributed by atoms with Gasteiger partial charge in [-0.1, -0.05) is 103 Å². The molecule has 1 spiro atoms.